The molecule has 1 saturated heterocycles. The molecule has 1 amide bonds. The fourth-order valence-corrected chi connectivity index (χ4v) is 2.87. The summed E-state index contributed by atoms with van der Waals surface area (Å²) in [5, 5.41) is 0. The van der Waals surface area contributed by atoms with Crippen LogP contribution in [-0.4, -0.2) is 47.1 Å². The monoisotopic (exact) mass is 345 g/mol. The number of hydrogen-bond acceptors (Lipinski definition) is 5. The molecule has 1 aromatic carbocycles. The minimum Gasteiger partial charge on any atom is -0.477 e. The molecule has 0 N–H and O–H groups in total. The molecule has 6 nitrogen and oxygen atoms in total. The molecule has 0 spiro atoms. The van der Waals surface area contributed by atoms with E-state index in [1.54, 1.807) is 23.1 Å². The van der Waals surface area contributed by atoms with Crippen molar-refractivity contribution in [2.75, 3.05) is 20.2 Å². The van der Waals surface area contributed by atoms with E-state index >= 15 is 0 Å². The lowest BCUT2D eigenvalue weighted by Gasteiger charge is -2.32. The van der Waals surface area contributed by atoms with Crippen LogP contribution in [-0.2, 0) is 11.2 Å². The first-order valence-electron chi connectivity index (χ1n) is 8.20. The van der Waals surface area contributed by atoms with Crippen molar-refractivity contribution >= 4 is 5.91 Å². The zero-order valence-electron chi connectivity index (χ0n) is 14.0. The van der Waals surface area contributed by atoms with E-state index in [0.29, 0.717) is 30.4 Å². The van der Waals surface area contributed by atoms with E-state index in [4.69, 9.17) is 9.47 Å². The van der Waals surface area contributed by atoms with Gasteiger partial charge in [0.25, 0.3) is 11.8 Å². The van der Waals surface area contributed by atoms with Crippen LogP contribution in [0.25, 0.3) is 0 Å². The van der Waals surface area contributed by atoms with E-state index in [2.05, 4.69) is 9.97 Å². The Bertz CT molecular complexity index is 741. The number of benzene rings is 1. The number of piperidine rings is 1. The van der Waals surface area contributed by atoms with Crippen molar-refractivity contribution in [2.45, 2.75) is 25.4 Å². The molecule has 0 bridgehead atoms. The second kappa shape index (κ2) is 7.92. The third-order valence-electron chi connectivity index (χ3n) is 4.14. The highest BCUT2D eigenvalue weighted by molar-refractivity contribution is 5.79. The van der Waals surface area contributed by atoms with Gasteiger partial charge in [-0.2, -0.15) is 0 Å². The van der Waals surface area contributed by atoms with Crippen LogP contribution in [0, 0.1) is 5.82 Å². The molecule has 1 aliphatic rings. The Morgan fingerprint density at radius 3 is 2.80 bits per heavy atom. The standard InChI is InChI=1S/C18H20FN3O3/c1-24-17-18(21-9-8-20-17)25-14-6-4-10-22(12-14)16(23)11-13-5-2-3-7-15(13)19/h2-3,5,7-9,14H,4,6,10-12H2,1H3. The summed E-state index contributed by atoms with van der Waals surface area (Å²) in [6, 6.07) is 6.34. The van der Waals surface area contributed by atoms with Crippen LogP contribution in [0.1, 0.15) is 18.4 Å². The van der Waals surface area contributed by atoms with Crippen molar-refractivity contribution in [3.63, 3.8) is 0 Å². The van der Waals surface area contributed by atoms with Gasteiger partial charge in [0.05, 0.1) is 20.1 Å². The minimum absolute atomic E-state index is 0.0495. The normalized spacial score (nSPS) is 17.2. The molecule has 2 heterocycles. The van der Waals surface area contributed by atoms with Crippen LogP contribution in [0.3, 0.4) is 0 Å². The van der Waals surface area contributed by atoms with Gasteiger partial charge in [0, 0.05) is 18.9 Å². The van der Waals surface area contributed by atoms with Crippen molar-refractivity contribution in [1.82, 2.24) is 14.9 Å². The number of likely N-dealkylation sites (tertiary alicyclic amines) is 1. The number of carbonyl (C=O) groups excluding carboxylic acids is 1. The average Bonchev–Trinajstić information content (AvgIpc) is 2.64. The van der Waals surface area contributed by atoms with Crippen LogP contribution < -0.4 is 9.47 Å². The van der Waals surface area contributed by atoms with Gasteiger partial charge in [0.2, 0.25) is 5.91 Å². The highest BCUT2D eigenvalue weighted by atomic mass is 19.1. The number of methoxy groups -OCH3 is 1. The van der Waals surface area contributed by atoms with Crippen molar-refractivity contribution in [2.24, 2.45) is 0 Å². The van der Waals surface area contributed by atoms with Crippen LogP contribution in [0.2, 0.25) is 0 Å². The van der Waals surface area contributed by atoms with Crippen molar-refractivity contribution in [3.05, 3.63) is 48.0 Å². The zero-order chi connectivity index (χ0) is 17.6. The third kappa shape index (κ3) is 4.23. The van der Waals surface area contributed by atoms with Gasteiger partial charge in [-0.3, -0.25) is 4.79 Å². The second-order valence-electron chi connectivity index (χ2n) is 5.86. The molecule has 1 atom stereocenters. The number of nitrogens with zero attached hydrogens (tertiary/aromatic N) is 3. The summed E-state index contributed by atoms with van der Waals surface area (Å²) in [5.74, 6) is 0.171. The molecular weight excluding hydrogens is 325 g/mol. The lowest BCUT2D eigenvalue weighted by atomic mass is 10.1. The van der Waals surface area contributed by atoms with Gasteiger partial charge in [0.1, 0.15) is 11.9 Å². The average molecular weight is 345 g/mol. The van der Waals surface area contributed by atoms with Gasteiger partial charge in [-0.1, -0.05) is 18.2 Å². The molecule has 3 rings (SSSR count). The molecule has 1 aromatic heterocycles. The summed E-state index contributed by atoms with van der Waals surface area (Å²) >= 11 is 0. The molecule has 0 aliphatic carbocycles. The molecule has 0 saturated carbocycles. The van der Waals surface area contributed by atoms with Gasteiger partial charge in [-0.15, -0.1) is 0 Å². The number of ether oxygens (including phenoxy) is 2. The molecule has 1 aliphatic heterocycles. The van der Waals surface area contributed by atoms with E-state index in [1.165, 1.54) is 25.6 Å². The zero-order valence-corrected chi connectivity index (χ0v) is 14.0. The van der Waals surface area contributed by atoms with Crippen LogP contribution in [0.15, 0.2) is 36.7 Å². The number of aromatic nitrogens is 2. The molecule has 0 radical (unpaired) electrons. The fraction of sp³-hybridized carbons (Fsp3) is 0.389. The third-order valence-corrected chi connectivity index (χ3v) is 4.14. The van der Waals surface area contributed by atoms with Gasteiger partial charge in [-0.05, 0) is 24.5 Å². The molecule has 1 unspecified atom stereocenters. The van der Waals surface area contributed by atoms with Crippen molar-refractivity contribution < 1.29 is 18.7 Å². The maximum atomic E-state index is 13.7. The van der Waals surface area contributed by atoms with E-state index in [-0.39, 0.29) is 24.2 Å². The summed E-state index contributed by atoms with van der Waals surface area (Å²) in [4.78, 5) is 22.4. The van der Waals surface area contributed by atoms with Gasteiger partial charge in [-0.25, -0.2) is 14.4 Å². The Balaban J connectivity index is 1.63. The summed E-state index contributed by atoms with van der Waals surface area (Å²) in [6.07, 6.45) is 4.54. The lowest BCUT2D eigenvalue weighted by Crippen LogP contribution is -2.45. The Kier molecular flexibility index (Phi) is 5.42. The van der Waals surface area contributed by atoms with Crippen LogP contribution in [0.5, 0.6) is 11.8 Å². The Morgan fingerprint density at radius 2 is 2.04 bits per heavy atom. The number of rotatable bonds is 5. The summed E-state index contributed by atoms with van der Waals surface area (Å²) in [7, 11) is 1.50. The molecule has 25 heavy (non-hydrogen) atoms. The summed E-state index contributed by atoms with van der Waals surface area (Å²) in [6.45, 7) is 1.08. The van der Waals surface area contributed by atoms with E-state index in [0.717, 1.165) is 12.8 Å². The number of hydrogen-bond donors (Lipinski definition) is 0. The second-order valence-corrected chi connectivity index (χ2v) is 5.86. The highest BCUT2D eigenvalue weighted by Crippen LogP contribution is 2.24. The number of amides is 1. The molecular formula is C18H20FN3O3. The van der Waals surface area contributed by atoms with Crippen molar-refractivity contribution in [3.8, 4) is 11.8 Å². The summed E-state index contributed by atoms with van der Waals surface area (Å²) < 4.78 is 24.7. The van der Waals surface area contributed by atoms with Gasteiger partial charge < -0.3 is 14.4 Å². The largest absolute Gasteiger partial charge is 0.477 e. The van der Waals surface area contributed by atoms with Crippen LogP contribution >= 0.6 is 0 Å². The minimum atomic E-state index is -0.357. The van der Waals surface area contributed by atoms with Crippen LogP contribution in [0.4, 0.5) is 4.39 Å². The maximum absolute atomic E-state index is 13.7. The number of halogens is 1. The van der Waals surface area contributed by atoms with E-state index in [9.17, 15) is 9.18 Å². The Labute approximate surface area is 145 Å². The fourth-order valence-electron chi connectivity index (χ4n) is 2.87. The maximum Gasteiger partial charge on any atom is 0.278 e. The smallest absolute Gasteiger partial charge is 0.278 e. The van der Waals surface area contributed by atoms with Gasteiger partial charge in [0.15, 0.2) is 0 Å². The molecule has 132 valence electrons. The molecule has 7 heteroatoms. The molecule has 1 fully saturated rings. The van der Waals surface area contributed by atoms with Crippen molar-refractivity contribution in [1.29, 1.82) is 0 Å². The Hall–Kier alpha value is -2.70. The molecule has 2 aromatic rings. The Morgan fingerprint density at radius 1 is 1.28 bits per heavy atom. The highest BCUT2D eigenvalue weighted by Gasteiger charge is 2.26. The van der Waals surface area contributed by atoms with E-state index in [1.807, 2.05) is 0 Å². The quantitative estimate of drug-likeness (QED) is 0.831. The lowest BCUT2D eigenvalue weighted by molar-refractivity contribution is -0.133. The first-order chi connectivity index (χ1) is 12.2. The first-order valence-corrected chi connectivity index (χ1v) is 8.20. The number of carbonyl (C=O) groups is 1. The SMILES string of the molecule is COc1nccnc1OC1CCCN(C(=O)Cc2ccccc2F)C1. The summed E-state index contributed by atoms with van der Waals surface area (Å²) in [5.41, 5.74) is 0.408. The van der Waals surface area contributed by atoms with E-state index < -0.39 is 0 Å². The topological polar surface area (TPSA) is 64.6 Å². The predicted molar refractivity (Wildman–Crippen MR) is 88.9 cm³/mol. The first kappa shape index (κ1) is 17.1. The predicted octanol–water partition coefficient (Wildman–Crippen LogP) is 2.24. The van der Waals surface area contributed by atoms with Gasteiger partial charge >= 0.3 is 0 Å².